The zero-order valence-corrected chi connectivity index (χ0v) is 15.1. The standard InChI is InChI=1S/C20H23N3O3/c1-13(2)18-21-7-14(8-22-18)9-23-10-16-15-5-3-4-6-17(15)26-12-20(16,11-23)19(24)25/h3-8,13,16H,9-12H2,1-2H3,(H,24,25)/t16?,20-/m1/s1. The fourth-order valence-electron chi connectivity index (χ4n) is 4.06. The third kappa shape index (κ3) is 2.74. The molecule has 0 bridgehead atoms. The number of hydrogen-bond acceptors (Lipinski definition) is 5. The first-order valence-corrected chi connectivity index (χ1v) is 8.98. The number of fused-ring (bicyclic) bond motifs is 3. The van der Waals surface area contributed by atoms with Crippen LogP contribution in [-0.2, 0) is 11.3 Å². The van der Waals surface area contributed by atoms with Crippen molar-refractivity contribution in [1.29, 1.82) is 0 Å². The van der Waals surface area contributed by atoms with Crippen LogP contribution in [0, 0.1) is 5.41 Å². The molecule has 6 heteroatoms. The largest absolute Gasteiger partial charge is 0.492 e. The minimum atomic E-state index is -0.896. The van der Waals surface area contributed by atoms with E-state index in [2.05, 4.69) is 28.7 Å². The van der Waals surface area contributed by atoms with E-state index in [9.17, 15) is 9.90 Å². The first-order chi connectivity index (χ1) is 12.5. The second kappa shape index (κ2) is 6.36. The molecule has 0 radical (unpaired) electrons. The smallest absolute Gasteiger partial charge is 0.315 e. The molecular weight excluding hydrogens is 330 g/mol. The Kier molecular flexibility index (Phi) is 4.15. The maximum absolute atomic E-state index is 12.2. The van der Waals surface area contributed by atoms with Crippen molar-refractivity contribution < 1.29 is 14.6 Å². The number of para-hydroxylation sites is 1. The Morgan fingerprint density at radius 2 is 2.08 bits per heavy atom. The quantitative estimate of drug-likeness (QED) is 0.911. The molecule has 1 aromatic heterocycles. The average Bonchev–Trinajstić information content (AvgIpc) is 3.02. The molecule has 0 saturated carbocycles. The molecule has 1 unspecified atom stereocenters. The van der Waals surface area contributed by atoms with Crippen LogP contribution < -0.4 is 4.74 Å². The molecule has 3 heterocycles. The fourth-order valence-corrected chi connectivity index (χ4v) is 4.06. The molecule has 2 atom stereocenters. The molecule has 2 aliphatic heterocycles. The molecule has 2 aromatic rings. The minimum absolute atomic E-state index is 0.0687. The first kappa shape index (κ1) is 17.0. The van der Waals surface area contributed by atoms with Crippen molar-refractivity contribution in [2.24, 2.45) is 5.41 Å². The SMILES string of the molecule is CC(C)c1ncc(CN2CC3c4ccccc4OC[C@]3(C(=O)O)C2)cn1. The molecular formula is C20H23N3O3. The van der Waals surface area contributed by atoms with Crippen LogP contribution in [0.4, 0.5) is 0 Å². The zero-order valence-electron chi connectivity index (χ0n) is 15.1. The van der Waals surface area contributed by atoms with E-state index in [1.165, 1.54) is 0 Å². The number of likely N-dealkylation sites (tertiary alicyclic amines) is 1. The third-order valence-corrected chi connectivity index (χ3v) is 5.47. The maximum Gasteiger partial charge on any atom is 0.315 e. The van der Waals surface area contributed by atoms with E-state index in [-0.39, 0.29) is 12.5 Å². The van der Waals surface area contributed by atoms with Gasteiger partial charge in [-0.1, -0.05) is 32.0 Å². The normalized spacial score (nSPS) is 24.8. The number of aromatic nitrogens is 2. The van der Waals surface area contributed by atoms with Gasteiger partial charge in [-0.3, -0.25) is 9.69 Å². The molecule has 0 aliphatic carbocycles. The molecule has 4 rings (SSSR count). The van der Waals surface area contributed by atoms with Gasteiger partial charge >= 0.3 is 5.97 Å². The number of carboxylic acid groups (broad SMARTS) is 1. The molecule has 2 aliphatic rings. The van der Waals surface area contributed by atoms with Gasteiger partial charge in [-0.15, -0.1) is 0 Å². The van der Waals surface area contributed by atoms with Gasteiger partial charge in [0.05, 0.1) is 0 Å². The Hall–Kier alpha value is -2.47. The number of benzene rings is 1. The lowest BCUT2D eigenvalue weighted by atomic mass is 9.73. The molecule has 1 aromatic carbocycles. The number of ether oxygens (including phenoxy) is 1. The van der Waals surface area contributed by atoms with Crippen molar-refractivity contribution in [3.63, 3.8) is 0 Å². The van der Waals surface area contributed by atoms with E-state index in [0.29, 0.717) is 25.6 Å². The predicted octanol–water partition coefficient (Wildman–Crippen LogP) is 2.66. The summed E-state index contributed by atoms with van der Waals surface area (Å²) in [5.41, 5.74) is 1.10. The van der Waals surface area contributed by atoms with Gasteiger partial charge in [0.2, 0.25) is 0 Å². The summed E-state index contributed by atoms with van der Waals surface area (Å²) in [5, 5.41) is 9.97. The molecule has 26 heavy (non-hydrogen) atoms. The molecule has 1 N–H and O–H groups in total. The van der Waals surface area contributed by atoms with Gasteiger partial charge in [0.15, 0.2) is 0 Å². The van der Waals surface area contributed by atoms with E-state index in [1.807, 2.05) is 36.7 Å². The number of rotatable bonds is 4. The monoisotopic (exact) mass is 353 g/mol. The van der Waals surface area contributed by atoms with Gasteiger partial charge in [-0.05, 0) is 11.6 Å². The van der Waals surface area contributed by atoms with Crippen LogP contribution in [0.5, 0.6) is 5.75 Å². The topological polar surface area (TPSA) is 75.6 Å². The van der Waals surface area contributed by atoms with Gasteiger partial charge < -0.3 is 9.84 Å². The summed E-state index contributed by atoms with van der Waals surface area (Å²) in [7, 11) is 0. The maximum atomic E-state index is 12.2. The van der Waals surface area contributed by atoms with Crippen molar-refractivity contribution in [2.45, 2.75) is 32.2 Å². The molecule has 6 nitrogen and oxygen atoms in total. The Morgan fingerprint density at radius 1 is 1.35 bits per heavy atom. The number of nitrogens with zero attached hydrogens (tertiary/aromatic N) is 3. The van der Waals surface area contributed by atoms with E-state index < -0.39 is 11.4 Å². The van der Waals surface area contributed by atoms with Crippen molar-refractivity contribution in [3.05, 3.63) is 53.6 Å². The summed E-state index contributed by atoms with van der Waals surface area (Å²) < 4.78 is 5.81. The van der Waals surface area contributed by atoms with Crippen LogP contribution in [0.2, 0.25) is 0 Å². The average molecular weight is 353 g/mol. The van der Waals surface area contributed by atoms with Gasteiger partial charge in [-0.2, -0.15) is 0 Å². The summed E-state index contributed by atoms with van der Waals surface area (Å²) in [5.74, 6) is 1.07. The van der Waals surface area contributed by atoms with Crippen LogP contribution in [-0.4, -0.2) is 45.6 Å². The van der Waals surface area contributed by atoms with Crippen LogP contribution in [0.25, 0.3) is 0 Å². The van der Waals surface area contributed by atoms with Crippen molar-refractivity contribution in [2.75, 3.05) is 19.7 Å². The number of hydrogen-bond donors (Lipinski definition) is 1. The van der Waals surface area contributed by atoms with Gasteiger partial charge in [-0.25, -0.2) is 9.97 Å². The highest BCUT2D eigenvalue weighted by Crippen LogP contribution is 2.49. The Bertz CT molecular complexity index is 821. The van der Waals surface area contributed by atoms with Gasteiger partial charge in [0.25, 0.3) is 0 Å². The highest BCUT2D eigenvalue weighted by molar-refractivity contribution is 5.78. The number of aliphatic carboxylic acids is 1. The van der Waals surface area contributed by atoms with Crippen molar-refractivity contribution >= 4 is 5.97 Å². The minimum Gasteiger partial charge on any atom is -0.492 e. The highest BCUT2D eigenvalue weighted by atomic mass is 16.5. The Balaban J connectivity index is 1.59. The Morgan fingerprint density at radius 3 is 2.77 bits per heavy atom. The Labute approximate surface area is 152 Å². The summed E-state index contributed by atoms with van der Waals surface area (Å²) in [6.45, 7) is 6.14. The fraction of sp³-hybridized carbons (Fsp3) is 0.450. The van der Waals surface area contributed by atoms with E-state index in [1.54, 1.807) is 0 Å². The summed E-state index contributed by atoms with van der Waals surface area (Å²) >= 11 is 0. The number of carboxylic acids is 1. The summed E-state index contributed by atoms with van der Waals surface area (Å²) in [6.07, 6.45) is 3.70. The van der Waals surface area contributed by atoms with Gasteiger partial charge in [0, 0.05) is 49.4 Å². The van der Waals surface area contributed by atoms with Crippen LogP contribution in [0.15, 0.2) is 36.7 Å². The summed E-state index contributed by atoms with van der Waals surface area (Å²) in [4.78, 5) is 23.2. The third-order valence-electron chi connectivity index (χ3n) is 5.47. The van der Waals surface area contributed by atoms with Crippen LogP contribution >= 0.6 is 0 Å². The lowest BCUT2D eigenvalue weighted by Crippen LogP contribution is -2.45. The molecule has 0 amide bonds. The lowest BCUT2D eigenvalue weighted by molar-refractivity contribution is -0.151. The van der Waals surface area contributed by atoms with Gasteiger partial charge in [0.1, 0.15) is 23.6 Å². The number of carbonyl (C=O) groups is 1. The van der Waals surface area contributed by atoms with E-state index >= 15 is 0 Å². The lowest BCUT2D eigenvalue weighted by Gasteiger charge is -2.35. The van der Waals surface area contributed by atoms with Crippen LogP contribution in [0.3, 0.4) is 0 Å². The van der Waals surface area contributed by atoms with Crippen molar-refractivity contribution in [3.8, 4) is 5.75 Å². The van der Waals surface area contributed by atoms with E-state index in [0.717, 1.165) is 22.7 Å². The predicted molar refractivity (Wildman–Crippen MR) is 96.1 cm³/mol. The molecule has 0 spiro atoms. The molecule has 1 fully saturated rings. The second-order valence-corrected chi connectivity index (χ2v) is 7.61. The van der Waals surface area contributed by atoms with E-state index in [4.69, 9.17) is 4.74 Å². The molecule has 1 saturated heterocycles. The van der Waals surface area contributed by atoms with Crippen LogP contribution in [0.1, 0.15) is 42.6 Å². The first-order valence-electron chi connectivity index (χ1n) is 8.98. The second-order valence-electron chi connectivity index (χ2n) is 7.61. The summed E-state index contributed by atoms with van der Waals surface area (Å²) in [6, 6.07) is 7.78. The zero-order chi connectivity index (χ0) is 18.3. The van der Waals surface area contributed by atoms with Crippen molar-refractivity contribution in [1.82, 2.24) is 14.9 Å². The highest BCUT2D eigenvalue weighted by Gasteiger charge is 2.56. The molecule has 136 valence electrons.